The van der Waals surface area contributed by atoms with Gasteiger partial charge in [-0.15, -0.1) is 11.6 Å². The summed E-state index contributed by atoms with van der Waals surface area (Å²) in [4.78, 5) is 2.42. The first kappa shape index (κ1) is 11.6. The Morgan fingerprint density at radius 2 is 2.27 bits per heavy atom. The maximum Gasteiger partial charge on any atom is 0.0706 e. The van der Waals surface area contributed by atoms with Gasteiger partial charge in [0.25, 0.3) is 0 Å². The monoisotopic (exact) mass is 233 g/mol. The molecule has 0 aliphatic carbocycles. The first-order valence-electron chi connectivity index (χ1n) is 5.83. The molecule has 2 aliphatic heterocycles. The normalized spacial score (nSPS) is 38.4. The molecule has 0 aromatic heterocycles. The Balaban J connectivity index is 1.81. The molecule has 0 N–H and O–H groups in total. The lowest BCUT2D eigenvalue weighted by Crippen LogP contribution is -2.49. The molecule has 3 nitrogen and oxygen atoms in total. The molecule has 2 fully saturated rings. The summed E-state index contributed by atoms with van der Waals surface area (Å²) in [5.41, 5.74) is 0. The van der Waals surface area contributed by atoms with Crippen LogP contribution in [0.2, 0.25) is 0 Å². The van der Waals surface area contributed by atoms with Crippen LogP contribution in [0.15, 0.2) is 0 Å². The van der Waals surface area contributed by atoms with Gasteiger partial charge in [0.2, 0.25) is 0 Å². The van der Waals surface area contributed by atoms with Crippen molar-refractivity contribution in [1.29, 1.82) is 0 Å². The molecule has 0 amide bonds. The second kappa shape index (κ2) is 5.48. The molecule has 0 bridgehead atoms. The lowest BCUT2D eigenvalue weighted by molar-refractivity contribution is -0.0325. The minimum Gasteiger partial charge on any atom is -0.378 e. The molecule has 88 valence electrons. The van der Waals surface area contributed by atoms with E-state index in [4.69, 9.17) is 21.1 Å². The Morgan fingerprint density at radius 1 is 1.40 bits per heavy atom. The molecule has 0 radical (unpaired) electrons. The van der Waals surface area contributed by atoms with Crippen molar-refractivity contribution in [2.45, 2.75) is 38.0 Å². The molecule has 15 heavy (non-hydrogen) atoms. The summed E-state index contributed by atoms with van der Waals surface area (Å²) in [5.74, 6) is 0.655. The van der Waals surface area contributed by atoms with Gasteiger partial charge in [0, 0.05) is 25.0 Å². The van der Waals surface area contributed by atoms with Crippen LogP contribution in [0, 0.1) is 0 Å². The van der Waals surface area contributed by atoms with Crippen molar-refractivity contribution in [1.82, 2.24) is 4.90 Å². The van der Waals surface area contributed by atoms with E-state index in [0.29, 0.717) is 24.1 Å². The minimum absolute atomic E-state index is 0.375. The fourth-order valence-electron chi connectivity index (χ4n) is 2.35. The predicted molar refractivity (Wildman–Crippen MR) is 60.5 cm³/mol. The molecule has 2 saturated heterocycles. The van der Waals surface area contributed by atoms with Gasteiger partial charge in [0.05, 0.1) is 25.4 Å². The van der Waals surface area contributed by atoms with Gasteiger partial charge in [-0.2, -0.15) is 0 Å². The van der Waals surface area contributed by atoms with Crippen molar-refractivity contribution >= 4 is 11.6 Å². The molecule has 3 unspecified atom stereocenters. The van der Waals surface area contributed by atoms with Gasteiger partial charge in [-0.25, -0.2) is 0 Å². The third-order valence-corrected chi connectivity index (χ3v) is 3.64. The lowest BCUT2D eigenvalue weighted by Gasteiger charge is -2.35. The first-order chi connectivity index (χ1) is 7.29. The Labute approximate surface area is 96.7 Å². The summed E-state index contributed by atoms with van der Waals surface area (Å²) in [6.45, 7) is 5.76. The van der Waals surface area contributed by atoms with Crippen molar-refractivity contribution in [3.8, 4) is 0 Å². The standard InChI is InChI=1S/C11H20ClNO2/c1-9-2-3-11(15-9)7-13-4-5-14-8-10(13)6-12/h9-11H,2-8H2,1H3. The number of hydrogen-bond acceptors (Lipinski definition) is 3. The zero-order valence-electron chi connectivity index (χ0n) is 9.32. The van der Waals surface area contributed by atoms with Crippen LogP contribution in [0.4, 0.5) is 0 Å². The van der Waals surface area contributed by atoms with Gasteiger partial charge in [-0.3, -0.25) is 4.90 Å². The van der Waals surface area contributed by atoms with Gasteiger partial charge in [0.15, 0.2) is 0 Å². The molecule has 2 heterocycles. The van der Waals surface area contributed by atoms with Crippen LogP contribution in [0.5, 0.6) is 0 Å². The quantitative estimate of drug-likeness (QED) is 0.690. The van der Waals surface area contributed by atoms with Crippen LogP contribution < -0.4 is 0 Å². The molecule has 2 aliphatic rings. The second-order valence-electron chi connectivity index (χ2n) is 4.52. The van der Waals surface area contributed by atoms with Gasteiger partial charge < -0.3 is 9.47 Å². The maximum atomic E-state index is 5.93. The van der Waals surface area contributed by atoms with Crippen LogP contribution in [0.1, 0.15) is 19.8 Å². The zero-order valence-corrected chi connectivity index (χ0v) is 10.1. The third-order valence-electron chi connectivity index (χ3n) is 3.29. The van der Waals surface area contributed by atoms with E-state index in [-0.39, 0.29) is 0 Å². The van der Waals surface area contributed by atoms with Gasteiger partial charge >= 0.3 is 0 Å². The van der Waals surface area contributed by atoms with Gasteiger partial charge in [-0.05, 0) is 19.8 Å². The van der Waals surface area contributed by atoms with E-state index in [9.17, 15) is 0 Å². The van der Waals surface area contributed by atoms with E-state index in [2.05, 4.69) is 11.8 Å². The Kier molecular flexibility index (Phi) is 4.26. The molecule has 3 atom stereocenters. The van der Waals surface area contributed by atoms with Crippen molar-refractivity contribution in [3.63, 3.8) is 0 Å². The summed E-state index contributed by atoms with van der Waals surface area (Å²) < 4.78 is 11.3. The highest BCUT2D eigenvalue weighted by atomic mass is 35.5. The van der Waals surface area contributed by atoms with E-state index >= 15 is 0 Å². The number of nitrogens with zero attached hydrogens (tertiary/aromatic N) is 1. The van der Waals surface area contributed by atoms with E-state index in [0.717, 1.165) is 26.3 Å². The second-order valence-corrected chi connectivity index (χ2v) is 4.83. The summed E-state index contributed by atoms with van der Waals surface area (Å²) in [6, 6.07) is 0.375. The van der Waals surface area contributed by atoms with E-state index in [1.807, 2.05) is 0 Å². The first-order valence-corrected chi connectivity index (χ1v) is 6.36. The van der Waals surface area contributed by atoms with Crippen LogP contribution in [0.25, 0.3) is 0 Å². The molecule has 0 aromatic rings. The number of hydrogen-bond donors (Lipinski definition) is 0. The number of rotatable bonds is 3. The summed E-state index contributed by atoms with van der Waals surface area (Å²) in [7, 11) is 0. The molecule has 4 heteroatoms. The van der Waals surface area contributed by atoms with E-state index < -0.39 is 0 Å². The molecule has 2 rings (SSSR count). The Bertz CT molecular complexity index is 203. The van der Waals surface area contributed by atoms with Gasteiger partial charge in [-0.1, -0.05) is 0 Å². The minimum atomic E-state index is 0.375. The molecular formula is C11H20ClNO2. The fraction of sp³-hybridized carbons (Fsp3) is 1.00. The van der Waals surface area contributed by atoms with Crippen LogP contribution in [0.3, 0.4) is 0 Å². The Hall–Kier alpha value is 0.170. The van der Waals surface area contributed by atoms with Crippen molar-refractivity contribution < 1.29 is 9.47 Å². The largest absolute Gasteiger partial charge is 0.378 e. The topological polar surface area (TPSA) is 21.7 Å². The third kappa shape index (κ3) is 3.06. The predicted octanol–water partition coefficient (Wildman–Crippen LogP) is 1.49. The highest BCUT2D eigenvalue weighted by molar-refractivity contribution is 6.18. The van der Waals surface area contributed by atoms with Crippen molar-refractivity contribution in [2.75, 3.05) is 32.2 Å². The Morgan fingerprint density at radius 3 is 2.93 bits per heavy atom. The zero-order chi connectivity index (χ0) is 10.7. The van der Waals surface area contributed by atoms with Crippen LogP contribution >= 0.6 is 11.6 Å². The molecule has 0 spiro atoms. The highest BCUT2D eigenvalue weighted by Gasteiger charge is 2.28. The van der Waals surface area contributed by atoms with Gasteiger partial charge in [0.1, 0.15) is 0 Å². The van der Waals surface area contributed by atoms with Crippen molar-refractivity contribution in [3.05, 3.63) is 0 Å². The SMILES string of the molecule is CC1CCC(CN2CCOCC2CCl)O1. The average molecular weight is 234 g/mol. The fourth-order valence-corrected chi connectivity index (χ4v) is 2.64. The lowest BCUT2D eigenvalue weighted by atomic mass is 10.1. The summed E-state index contributed by atoms with van der Waals surface area (Å²) >= 11 is 5.93. The maximum absolute atomic E-state index is 5.93. The summed E-state index contributed by atoms with van der Waals surface area (Å²) in [5, 5.41) is 0. The van der Waals surface area contributed by atoms with Crippen LogP contribution in [-0.4, -0.2) is 55.3 Å². The number of morpholine rings is 1. The van der Waals surface area contributed by atoms with Crippen LogP contribution in [-0.2, 0) is 9.47 Å². The highest BCUT2D eigenvalue weighted by Crippen LogP contribution is 2.21. The molecule has 0 saturated carbocycles. The molecule has 0 aromatic carbocycles. The average Bonchev–Trinajstić information content (AvgIpc) is 2.65. The number of ether oxygens (including phenoxy) is 2. The smallest absolute Gasteiger partial charge is 0.0706 e. The number of halogens is 1. The van der Waals surface area contributed by atoms with Crippen molar-refractivity contribution in [2.24, 2.45) is 0 Å². The summed E-state index contributed by atoms with van der Waals surface area (Å²) in [6.07, 6.45) is 3.22. The van der Waals surface area contributed by atoms with E-state index in [1.165, 1.54) is 12.8 Å². The van der Waals surface area contributed by atoms with E-state index in [1.54, 1.807) is 0 Å². The molecular weight excluding hydrogens is 214 g/mol. The number of alkyl halides is 1.